The van der Waals surface area contributed by atoms with E-state index in [2.05, 4.69) is 26.1 Å². The molecule has 3 heterocycles. The number of fused-ring (bicyclic) bond motifs is 1. The van der Waals surface area contributed by atoms with Crippen LogP contribution in [0.15, 0.2) is 6.07 Å². The molecule has 0 aliphatic carbocycles. The number of nitrogens with one attached hydrogen (secondary N) is 1. The van der Waals surface area contributed by atoms with Gasteiger partial charge in [0.25, 0.3) is 0 Å². The fourth-order valence-corrected chi connectivity index (χ4v) is 2.99. The number of aromatic nitrogens is 2. The lowest BCUT2D eigenvalue weighted by Gasteiger charge is -2.14. The first-order valence-electron chi connectivity index (χ1n) is 6.83. The van der Waals surface area contributed by atoms with E-state index in [4.69, 9.17) is 4.74 Å². The lowest BCUT2D eigenvalue weighted by atomic mass is 10.1. The van der Waals surface area contributed by atoms with E-state index in [9.17, 15) is 0 Å². The Morgan fingerprint density at radius 2 is 2.44 bits per heavy atom. The summed E-state index contributed by atoms with van der Waals surface area (Å²) in [4.78, 5) is 2.49. The maximum absolute atomic E-state index is 5.24. The molecule has 5 nitrogen and oxygen atoms in total. The highest BCUT2D eigenvalue weighted by Crippen LogP contribution is 2.19. The number of likely N-dealkylation sites (tertiary alicyclic amines) is 1. The molecule has 2 aliphatic rings. The third-order valence-corrected chi connectivity index (χ3v) is 3.88. The zero-order valence-electron chi connectivity index (χ0n) is 11.1. The first-order valence-corrected chi connectivity index (χ1v) is 6.83. The second kappa shape index (κ2) is 5.38. The molecule has 5 heteroatoms. The van der Waals surface area contributed by atoms with E-state index in [1.54, 1.807) is 7.11 Å². The van der Waals surface area contributed by atoms with Gasteiger partial charge in [-0.1, -0.05) is 0 Å². The Morgan fingerprint density at radius 1 is 1.50 bits per heavy atom. The summed E-state index contributed by atoms with van der Waals surface area (Å²) in [5, 5.41) is 8.07. The third kappa shape index (κ3) is 2.58. The lowest BCUT2D eigenvalue weighted by molar-refractivity contribution is 0.152. The summed E-state index contributed by atoms with van der Waals surface area (Å²) >= 11 is 0. The van der Waals surface area contributed by atoms with Crippen LogP contribution in [-0.4, -0.2) is 48.0 Å². The molecule has 0 spiro atoms. The Morgan fingerprint density at radius 3 is 3.28 bits per heavy atom. The summed E-state index contributed by atoms with van der Waals surface area (Å²) in [5.74, 6) is 0.703. The number of nitrogens with zero attached hydrogens (tertiary/aromatic N) is 3. The van der Waals surface area contributed by atoms with Crippen LogP contribution in [0.1, 0.15) is 17.8 Å². The van der Waals surface area contributed by atoms with Gasteiger partial charge in [-0.25, -0.2) is 0 Å². The standard InChI is InChI=1S/C13H22N4O/c1-18-10-11-2-4-16(8-11)9-12-6-13-7-14-3-5-17(13)15-12/h6,11,14H,2-5,7-10H2,1H3/t11-/m0/s1. The van der Waals surface area contributed by atoms with Crippen LogP contribution < -0.4 is 5.32 Å². The molecular formula is C13H22N4O. The van der Waals surface area contributed by atoms with Gasteiger partial charge < -0.3 is 10.1 Å². The van der Waals surface area contributed by atoms with Gasteiger partial charge in [-0.15, -0.1) is 0 Å². The monoisotopic (exact) mass is 250 g/mol. The van der Waals surface area contributed by atoms with Crippen LogP contribution in [0.4, 0.5) is 0 Å². The molecule has 0 saturated carbocycles. The van der Waals surface area contributed by atoms with Crippen molar-refractivity contribution < 1.29 is 4.74 Å². The normalized spacial score (nSPS) is 24.4. The van der Waals surface area contributed by atoms with E-state index >= 15 is 0 Å². The van der Waals surface area contributed by atoms with E-state index in [1.165, 1.54) is 24.4 Å². The van der Waals surface area contributed by atoms with Crippen molar-refractivity contribution in [3.8, 4) is 0 Å². The molecule has 1 saturated heterocycles. The average molecular weight is 250 g/mol. The summed E-state index contributed by atoms with van der Waals surface area (Å²) in [7, 11) is 1.79. The van der Waals surface area contributed by atoms with Gasteiger partial charge in [0.2, 0.25) is 0 Å². The number of methoxy groups -OCH3 is 1. The predicted molar refractivity (Wildman–Crippen MR) is 69.2 cm³/mol. The molecule has 1 fully saturated rings. The molecular weight excluding hydrogens is 228 g/mol. The molecule has 0 unspecified atom stereocenters. The molecule has 18 heavy (non-hydrogen) atoms. The third-order valence-electron chi connectivity index (χ3n) is 3.88. The summed E-state index contributed by atoms with van der Waals surface area (Å²) in [5.41, 5.74) is 2.54. The second-order valence-corrected chi connectivity index (χ2v) is 5.37. The summed E-state index contributed by atoms with van der Waals surface area (Å²) in [6.07, 6.45) is 1.25. The van der Waals surface area contributed by atoms with Crippen molar-refractivity contribution in [1.29, 1.82) is 0 Å². The lowest BCUT2D eigenvalue weighted by Crippen LogP contribution is -2.28. The maximum atomic E-state index is 5.24. The second-order valence-electron chi connectivity index (χ2n) is 5.37. The average Bonchev–Trinajstić information content (AvgIpc) is 2.96. The van der Waals surface area contributed by atoms with Gasteiger partial charge in [-0.2, -0.15) is 5.10 Å². The zero-order valence-corrected chi connectivity index (χ0v) is 11.1. The number of ether oxygens (including phenoxy) is 1. The van der Waals surface area contributed by atoms with Crippen LogP contribution in [0.25, 0.3) is 0 Å². The Kier molecular flexibility index (Phi) is 3.63. The Balaban J connectivity index is 1.58. The van der Waals surface area contributed by atoms with Gasteiger partial charge in [-0.3, -0.25) is 9.58 Å². The van der Waals surface area contributed by atoms with Gasteiger partial charge >= 0.3 is 0 Å². The molecule has 0 amide bonds. The minimum Gasteiger partial charge on any atom is -0.384 e. The first kappa shape index (κ1) is 12.1. The van der Waals surface area contributed by atoms with Gasteiger partial charge in [-0.05, 0) is 24.9 Å². The molecule has 1 aromatic rings. The zero-order chi connectivity index (χ0) is 12.4. The van der Waals surface area contributed by atoms with Crippen molar-refractivity contribution in [2.75, 3.05) is 33.4 Å². The molecule has 1 N–H and O–H groups in total. The van der Waals surface area contributed by atoms with E-state index < -0.39 is 0 Å². The number of hydrogen-bond donors (Lipinski definition) is 1. The Hall–Kier alpha value is -0.910. The first-order chi connectivity index (χ1) is 8.85. The van der Waals surface area contributed by atoms with Gasteiger partial charge in [0.15, 0.2) is 0 Å². The summed E-state index contributed by atoms with van der Waals surface area (Å²) in [6.45, 7) is 7.19. The minimum absolute atomic E-state index is 0.703. The summed E-state index contributed by atoms with van der Waals surface area (Å²) in [6, 6.07) is 2.25. The molecule has 100 valence electrons. The number of hydrogen-bond acceptors (Lipinski definition) is 4. The molecule has 0 radical (unpaired) electrons. The topological polar surface area (TPSA) is 42.3 Å². The van der Waals surface area contributed by atoms with Crippen LogP contribution in [-0.2, 0) is 24.4 Å². The van der Waals surface area contributed by atoms with E-state index in [-0.39, 0.29) is 0 Å². The van der Waals surface area contributed by atoms with Gasteiger partial charge in [0.05, 0.1) is 24.5 Å². The molecule has 3 rings (SSSR count). The van der Waals surface area contributed by atoms with Crippen molar-refractivity contribution in [3.63, 3.8) is 0 Å². The van der Waals surface area contributed by atoms with Crippen LogP contribution in [0.2, 0.25) is 0 Å². The highest BCUT2D eigenvalue weighted by Gasteiger charge is 2.23. The molecule has 1 atom stereocenters. The number of rotatable bonds is 4. The van der Waals surface area contributed by atoms with E-state index in [0.717, 1.165) is 39.3 Å². The highest BCUT2D eigenvalue weighted by atomic mass is 16.5. The molecule has 0 aromatic carbocycles. The largest absolute Gasteiger partial charge is 0.384 e. The fourth-order valence-electron chi connectivity index (χ4n) is 2.99. The Labute approximate surface area is 108 Å². The molecule has 1 aromatic heterocycles. The highest BCUT2D eigenvalue weighted by molar-refractivity contribution is 5.12. The molecule has 2 aliphatic heterocycles. The maximum Gasteiger partial charge on any atom is 0.0768 e. The van der Waals surface area contributed by atoms with Crippen LogP contribution >= 0.6 is 0 Å². The van der Waals surface area contributed by atoms with Crippen molar-refractivity contribution in [2.45, 2.75) is 26.1 Å². The van der Waals surface area contributed by atoms with Crippen molar-refractivity contribution >= 4 is 0 Å². The predicted octanol–water partition coefficient (Wildman–Crippen LogP) is 0.455. The van der Waals surface area contributed by atoms with Crippen molar-refractivity contribution in [2.24, 2.45) is 5.92 Å². The SMILES string of the molecule is COC[C@H]1CCN(Cc2cc3n(n2)CCNC3)C1. The van der Waals surface area contributed by atoms with Crippen LogP contribution in [0.3, 0.4) is 0 Å². The van der Waals surface area contributed by atoms with Crippen LogP contribution in [0.5, 0.6) is 0 Å². The van der Waals surface area contributed by atoms with Gasteiger partial charge in [0, 0.05) is 33.3 Å². The van der Waals surface area contributed by atoms with Crippen molar-refractivity contribution in [1.82, 2.24) is 20.0 Å². The Bertz CT molecular complexity index is 380. The van der Waals surface area contributed by atoms with Gasteiger partial charge in [0.1, 0.15) is 0 Å². The van der Waals surface area contributed by atoms with Crippen LogP contribution in [0, 0.1) is 5.92 Å². The smallest absolute Gasteiger partial charge is 0.0768 e. The van der Waals surface area contributed by atoms with E-state index in [1.807, 2.05) is 0 Å². The summed E-state index contributed by atoms with van der Waals surface area (Å²) < 4.78 is 7.38. The fraction of sp³-hybridized carbons (Fsp3) is 0.769. The van der Waals surface area contributed by atoms with E-state index in [0.29, 0.717) is 5.92 Å². The molecule has 0 bridgehead atoms. The quantitative estimate of drug-likeness (QED) is 0.843. The minimum atomic E-state index is 0.703. The van der Waals surface area contributed by atoms with Crippen molar-refractivity contribution in [3.05, 3.63) is 17.5 Å².